The number of halogens is 7. The van der Waals surface area contributed by atoms with Gasteiger partial charge in [-0.15, -0.1) is 0 Å². The van der Waals surface area contributed by atoms with Gasteiger partial charge in [-0.2, -0.15) is 22.0 Å². The van der Waals surface area contributed by atoms with Gasteiger partial charge in [-0.25, -0.2) is 8.78 Å². The van der Waals surface area contributed by atoms with Gasteiger partial charge in [-0.05, 0) is 107 Å². The number of hydrogen-bond acceptors (Lipinski definition) is 3. The molecule has 0 aromatic heterocycles. The lowest BCUT2D eigenvalue weighted by Crippen LogP contribution is -2.47. The molecule has 3 nitrogen and oxygen atoms in total. The van der Waals surface area contributed by atoms with Crippen molar-refractivity contribution < 1.29 is 44.9 Å². The third-order valence-electron chi connectivity index (χ3n) is 8.97. The van der Waals surface area contributed by atoms with Crippen LogP contribution in [0.1, 0.15) is 88.7 Å². The third-order valence-corrected chi connectivity index (χ3v) is 8.97. The summed E-state index contributed by atoms with van der Waals surface area (Å²) < 4.78 is 111. The summed E-state index contributed by atoms with van der Waals surface area (Å²) in [6, 6.07) is 1.58. The van der Waals surface area contributed by atoms with Gasteiger partial charge >= 0.3 is 12.3 Å². The average molecular weight is 621 g/mol. The predicted octanol–water partition coefficient (Wildman–Crippen LogP) is 9.79. The molecule has 0 N–H and O–H groups in total. The first-order valence-corrected chi connectivity index (χ1v) is 15.6. The van der Waals surface area contributed by atoms with E-state index in [-0.39, 0.29) is 24.7 Å². The maximum atomic E-state index is 14.6. The van der Waals surface area contributed by atoms with Crippen LogP contribution in [0.25, 0.3) is 0 Å². The summed E-state index contributed by atoms with van der Waals surface area (Å²) in [6.45, 7) is 2.23. The van der Waals surface area contributed by atoms with Crippen molar-refractivity contribution in [1.29, 1.82) is 0 Å². The zero-order valence-electron chi connectivity index (χ0n) is 24.7. The highest BCUT2D eigenvalue weighted by Crippen LogP contribution is 2.37. The van der Waals surface area contributed by atoms with E-state index >= 15 is 0 Å². The Morgan fingerprint density at radius 3 is 1.86 bits per heavy atom. The van der Waals surface area contributed by atoms with Gasteiger partial charge in [0.1, 0.15) is 17.2 Å². The molecule has 1 heterocycles. The molecule has 3 aliphatic rings. The molecule has 0 spiro atoms. The fourth-order valence-corrected chi connectivity index (χ4v) is 6.56. The van der Waals surface area contributed by atoms with E-state index in [9.17, 15) is 30.7 Å². The summed E-state index contributed by atoms with van der Waals surface area (Å²) in [5.74, 6) is -1.71. The number of aryl methyl sites for hydroxylation is 1. The maximum Gasteiger partial charge on any atom is 0.422 e. The molecule has 3 fully saturated rings. The van der Waals surface area contributed by atoms with E-state index < -0.39 is 41.9 Å². The minimum Gasteiger partial charge on any atom is -0.344 e. The van der Waals surface area contributed by atoms with Gasteiger partial charge in [-0.1, -0.05) is 37.1 Å². The summed E-state index contributed by atoms with van der Waals surface area (Å²) in [5, 5.41) is 0. The van der Waals surface area contributed by atoms with Crippen molar-refractivity contribution in [3.63, 3.8) is 0 Å². The van der Waals surface area contributed by atoms with Gasteiger partial charge in [0.2, 0.25) is 0 Å². The number of ether oxygens (including phenoxy) is 3. The zero-order valence-corrected chi connectivity index (χ0v) is 24.7. The normalized spacial score (nSPS) is 29.5. The second-order valence-electron chi connectivity index (χ2n) is 12.3. The molecule has 2 aliphatic carbocycles. The Labute approximate surface area is 249 Å². The molecule has 0 atom stereocenters. The first kappa shape index (κ1) is 34.0. The molecular formula is C33H43F7O3. The monoisotopic (exact) mass is 620 g/mol. The Morgan fingerprint density at radius 2 is 1.33 bits per heavy atom. The molecule has 1 aromatic carbocycles. The molecule has 2 saturated carbocycles. The molecule has 0 unspecified atom stereocenters. The highest BCUT2D eigenvalue weighted by Gasteiger charge is 2.47. The number of unbranched alkanes of at least 4 members (excludes halogenated alkanes) is 1. The van der Waals surface area contributed by atoms with E-state index in [1.807, 2.05) is 19.1 Å². The SMILES string of the molecule is C/C=C/C1COC(C(F)(F)OC2CCC(/C=C/C3CCC(CCCCc4cc(F)c(C(F)(F)F)c(F)c4)CC3)CC2)OC1. The summed E-state index contributed by atoms with van der Waals surface area (Å²) in [5.41, 5.74) is -1.58. The van der Waals surface area contributed by atoms with E-state index in [4.69, 9.17) is 14.2 Å². The van der Waals surface area contributed by atoms with Gasteiger partial charge in [0.25, 0.3) is 6.29 Å². The summed E-state index contributed by atoms with van der Waals surface area (Å²) in [6.07, 6.45) is 7.48. The van der Waals surface area contributed by atoms with Crippen molar-refractivity contribution in [3.05, 3.63) is 59.2 Å². The number of benzene rings is 1. The van der Waals surface area contributed by atoms with Crippen LogP contribution in [-0.4, -0.2) is 31.7 Å². The molecule has 0 amide bonds. The molecule has 1 saturated heterocycles. The van der Waals surface area contributed by atoms with Crippen LogP contribution in [0.4, 0.5) is 30.7 Å². The van der Waals surface area contributed by atoms with Gasteiger partial charge in [-0.3, -0.25) is 0 Å². The van der Waals surface area contributed by atoms with Crippen LogP contribution < -0.4 is 0 Å². The number of hydrogen-bond donors (Lipinski definition) is 0. The third kappa shape index (κ3) is 10.0. The van der Waals surface area contributed by atoms with Crippen molar-refractivity contribution in [1.82, 2.24) is 0 Å². The molecular weight excluding hydrogens is 577 g/mol. The van der Waals surface area contributed by atoms with Gasteiger partial charge < -0.3 is 14.2 Å². The van der Waals surface area contributed by atoms with Crippen molar-refractivity contribution in [2.75, 3.05) is 13.2 Å². The van der Waals surface area contributed by atoms with E-state index in [2.05, 4.69) is 12.2 Å². The van der Waals surface area contributed by atoms with Crippen LogP contribution in [0.2, 0.25) is 0 Å². The standard InChI is InChI=1S/C33H43F7O3/c1-2-5-26-20-41-31(42-21-26)33(39,40)43-27-16-14-24(15-17-27)13-12-23-10-8-22(9-11-23)6-3-4-7-25-18-28(34)30(29(35)19-25)32(36,37)38/h2,5,12-13,18-19,22-24,26-27,31H,3-4,6-11,14-17,20-21H2,1H3/b5-2+,13-12+. The second-order valence-corrected chi connectivity index (χ2v) is 12.3. The van der Waals surface area contributed by atoms with Gasteiger partial charge in [0.15, 0.2) is 0 Å². The lowest BCUT2D eigenvalue weighted by Gasteiger charge is -2.36. The van der Waals surface area contributed by atoms with E-state index in [1.54, 1.807) is 0 Å². The predicted molar refractivity (Wildman–Crippen MR) is 149 cm³/mol. The van der Waals surface area contributed by atoms with Crippen molar-refractivity contribution in [2.45, 2.75) is 109 Å². The minimum absolute atomic E-state index is 0.0237. The van der Waals surface area contributed by atoms with Crippen molar-refractivity contribution in [2.24, 2.45) is 23.7 Å². The van der Waals surface area contributed by atoms with Gasteiger partial charge in [0.05, 0.1) is 19.3 Å². The van der Waals surface area contributed by atoms with Crippen molar-refractivity contribution in [3.8, 4) is 0 Å². The zero-order chi connectivity index (χ0) is 31.0. The van der Waals surface area contributed by atoms with E-state index in [0.717, 1.165) is 63.5 Å². The fraction of sp³-hybridized carbons (Fsp3) is 0.697. The van der Waals surface area contributed by atoms with Crippen LogP contribution in [0, 0.1) is 35.3 Å². The molecule has 43 heavy (non-hydrogen) atoms. The Balaban J connectivity index is 1.09. The summed E-state index contributed by atoms with van der Waals surface area (Å²) in [4.78, 5) is 0. The molecule has 0 bridgehead atoms. The van der Waals surface area contributed by atoms with Crippen LogP contribution in [-0.2, 0) is 26.8 Å². The Morgan fingerprint density at radius 1 is 0.767 bits per heavy atom. The van der Waals surface area contributed by atoms with Gasteiger partial charge in [0, 0.05) is 5.92 Å². The van der Waals surface area contributed by atoms with E-state index in [1.165, 1.54) is 0 Å². The number of rotatable bonds is 11. The van der Waals surface area contributed by atoms with Crippen molar-refractivity contribution >= 4 is 0 Å². The Hall–Kier alpha value is -1.91. The number of alkyl halides is 5. The van der Waals surface area contributed by atoms with E-state index in [0.29, 0.717) is 43.4 Å². The highest BCUT2D eigenvalue weighted by molar-refractivity contribution is 5.28. The van der Waals surface area contributed by atoms with Crippen LogP contribution in [0.5, 0.6) is 0 Å². The largest absolute Gasteiger partial charge is 0.422 e. The van der Waals surface area contributed by atoms with Crippen LogP contribution in [0.15, 0.2) is 36.4 Å². The number of allylic oxidation sites excluding steroid dienone is 3. The Bertz CT molecular complexity index is 1040. The smallest absolute Gasteiger partial charge is 0.344 e. The minimum atomic E-state index is -5.05. The molecule has 4 rings (SSSR count). The lowest BCUT2D eigenvalue weighted by atomic mass is 9.78. The molecule has 1 aromatic rings. The molecule has 242 valence electrons. The maximum absolute atomic E-state index is 14.6. The quantitative estimate of drug-likeness (QED) is 0.140. The average Bonchev–Trinajstić information content (AvgIpc) is 2.95. The Kier molecular flexibility index (Phi) is 12.2. The molecule has 10 heteroatoms. The second kappa shape index (κ2) is 15.4. The molecule has 0 radical (unpaired) electrons. The topological polar surface area (TPSA) is 27.7 Å². The lowest BCUT2D eigenvalue weighted by molar-refractivity contribution is -0.388. The summed E-state index contributed by atoms with van der Waals surface area (Å²) >= 11 is 0. The highest BCUT2D eigenvalue weighted by atomic mass is 19.4. The van der Waals surface area contributed by atoms with Crippen LogP contribution in [0.3, 0.4) is 0 Å². The first-order valence-electron chi connectivity index (χ1n) is 15.6. The summed E-state index contributed by atoms with van der Waals surface area (Å²) in [7, 11) is 0. The first-order chi connectivity index (χ1) is 20.4. The molecule has 1 aliphatic heterocycles. The fourth-order valence-electron chi connectivity index (χ4n) is 6.56. The van der Waals surface area contributed by atoms with Crippen LogP contribution >= 0.6 is 0 Å².